The molecule has 30 heavy (non-hydrogen) atoms. The molecule has 0 saturated carbocycles. The molecule has 3 aliphatic rings. The lowest BCUT2D eigenvalue weighted by molar-refractivity contribution is -0.117. The third kappa shape index (κ3) is 3.59. The third-order valence-electron chi connectivity index (χ3n) is 6.49. The van der Waals surface area contributed by atoms with Gasteiger partial charge in [0.05, 0.1) is 6.04 Å². The maximum atomic E-state index is 13.9. The number of anilines is 1. The van der Waals surface area contributed by atoms with Crippen molar-refractivity contribution in [3.63, 3.8) is 0 Å². The number of rotatable bonds is 3. The highest BCUT2D eigenvalue weighted by Gasteiger charge is 2.47. The third-order valence-corrected chi connectivity index (χ3v) is 6.49. The second-order valence-electron chi connectivity index (χ2n) is 8.24. The molecule has 3 saturated heterocycles. The van der Waals surface area contributed by atoms with Gasteiger partial charge >= 0.3 is 0 Å². The maximum absolute atomic E-state index is 13.9. The monoisotopic (exact) mass is 429 g/mol. The highest BCUT2D eigenvalue weighted by atomic mass is 35.5. The standard InChI is InChI=1S/C23H24FN3O2.ClH/c24-18-6-1-4-15(10-18)22-20-13-25-12-17(20)14-27(22)23(29)16-5-2-7-19(11-16)26-9-3-8-21(26)28;/h1-2,4-7,10-11,17,20,22,25H,3,8-9,12-14H2;1H/t17-,20-,22+;/m0./s1. The minimum Gasteiger partial charge on any atom is -0.331 e. The summed E-state index contributed by atoms with van der Waals surface area (Å²) in [7, 11) is 0. The fourth-order valence-corrected chi connectivity index (χ4v) is 5.14. The van der Waals surface area contributed by atoms with Crippen molar-refractivity contribution in [2.75, 3.05) is 31.1 Å². The van der Waals surface area contributed by atoms with Crippen LogP contribution < -0.4 is 10.2 Å². The van der Waals surface area contributed by atoms with E-state index in [2.05, 4.69) is 5.32 Å². The lowest BCUT2D eigenvalue weighted by atomic mass is 9.89. The van der Waals surface area contributed by atoms with Crippen molar-refractivity contribution in [3.8, 4) is 0 Å². The molecule has 3 heterocycles. The van der Waals surface area contributed by atoms with Crippen molar-refractivity contribution >= 4 is 29.9 Å². The zero-order valence-electron chi connectivity index (χ0n) is 16.6. The molecular weight excluding hydrogens is 405 g/mol. The average Bonchev–Trinajstić information content (AvgIpc) is 3.43. The van der Waals surface area contributed by atoms with Crippen molar-refractivity contribution in [2.45, 2.75) is 18.9 Å². The SMILES string of the molecule is Cl.O=C1CCCN1c1cccc(C(=O)N2C[C@@H]3CNC[C@@H]3[C@H]2c2cccc(F)c2)c1. The number of likely N-dealkylation sites (tertiary alicyclic amines) is 1. The minimum absolute atomic E-state index is 0. The molecule has 0 bridgehead atoms. The van der Waals surface area contributed by atoms with Crippen LogP contribution in [0.3, 0.4) is 0 Å². The van der Waals surface area contributed by atoms with Crippen LogP contribution in [0.15, 0.2) is 48.5 Å². The first kappa shape index (κ1) is 20.8. The van der Waals surface area contributed by atoms with E-state index in [0.29, 0.717) is 31.0 Å². The van der Waals surface area contributed by atoms with Crippen LogP contribution in [0.25, 0.3) is 0 Å². The van der Waals surface area contributed by atoms with Crippen molar-refractivity contribution in [1.29, 1.82) is 0 Å². The molecule has 3 aliphatic heterocycles. The van der Waals surface area contributed by atoms with E-state index >= 15 is 0 Å². The average molecular weight is 430 g/mol. The minimum atomic E-state index is -0.279. The highest BCUT2D eigenvalue weighted by molar-refractivity contribution is 5.99. The van der Waals surface area contributed by atoms with E-state index in [4.69, 9.17) is 0 Å². The summed E-state index contributed by atoms with van der Waals surface area (Å²) in [6, 6.07) is 13.8. The van der Waals surface area contributed by atoms with Gasteiger partial charge in [0.1, 0.15) is 5.82 Å². The number of hydrogen-bond donors (Lipinski definition) is 1. The zero-order valence-corrected chi connectivity index (χ0v) is 17.4. The van der Waals surface area contributed by atoms with Crippen LogP contribution in [0.2, 0.25) is 0 Å². The zero-order chi connectivity index (χ0) is 20.0. The van der Waals surface area contributed by atoms with E-state index < -0.39 is 0 Å². The fourth-order valence-electron chi connectivity index (χ4n) is 5.14. The fraction of sp³-hybridized carbons (Fsp3) is 0.391. The first-order chi connectivity index (χ1) is 14.1. The maximum Gasteiger partial charge on any atom is 0.254 e. The first-order valence-electron chi connectivity index (χ1n) is 10.3. The molecule has 158 valence electrons. The summed E-state index contributed by atoms with van der Waals surface area (Å²) < 4.78 is 13.9. The number of halogens is 2. The summed E-state index contributed by atoms with van der Waals surface area (Å²) in [5, 5.41) is 3.41. The molecule has 5 rings (SSSR count). The molecule has 7 heteroatoms. The van der Waals surface area contributed by atoms with Crippen LogP contribution in [-0.2, 0) is 4.79 Å². The Hall–Kier alpha value is -2.44. The molecule has 0 spiro atoms. The summed E-state index contributed by atoms with van der Waals surface area (Å²) in [5.41, 5.74) is 2.21. The number of nitrogens with zero attached hydrogens (tertiary/aromatic N) is 2. The molecule has 0 radical (unpaired) electrons. The van der Waals surface area contributed by atoms with E-state index in [1.807, 2.05) is 29.2 Å². The molecule has 2 aromatic carbocycles. The van der Waals surface area contributed by atoms with E-state index in [9.17, 15) is 14.0 Å². The summed E-state index contributed by atoms with van der Waals surface area (Å²) in [5.74, 6) is 0.426. The Balaban J connectivity index is 0.00000218. The van der Waals surface area contributed by atoms with Crippen LogP contribution in [0.4, 0.5) is 10.1 Å². The number of benzene rings is 2. The molecule has 1 N–H and O–H groups in total. The van der Waals surface area contributed by atoms with Gasteiger partial charge in [-0.1, -0.05) is 18.2 Å². The van der Waals surface area contributed by atoms with Gasteiger partial charge in [-0.3, -0.25) is 9.59 Å². The Labute approximate surface area is 181 Å². The molecule has 0 aromatic heterocycles. The predicted molar refractivity (Wildman–Crippen MR) is 115 cm³/mol. The second-order valence-corrected chi connectivity index (χ2v) is 8.24. The highest BCUT2D eigenvalue weighted by Crippen LogP contribution is 2.43. The molecule has 3 atom stereocenters. The molecule has 0 aliphatic carbocycles. The van der Waals surface area contributed by atoms with Crippen molar-refractivity contribution in [2.24, 2.45) is 11.8 Å². The number of fused-ring (bicyclic) bond motifs is 1. The van der Waals surface area contributed by atoms with Gasteiger partial charge in [0, 0.05) is 49.8 Å². The van der Waals surface area contributed by atoms with Crippen molar-refractivity contribution in [1.82, 2.24) is 10.2 Å². The molecule has 2 aromatic rings. The Morgan fingerprint density at radius 3 is 2.70 bits per heavy atom. The van der Waals surface area contributed by atoms with Crippen LogP contribution in [0, 0.1) is 17.7 Å². The molecular formula is C23H25ClFN3O2. The van der Waals surface area contributed by atoms with Crippen molar-refractivity contribution in [3.05, 3.63) is 65.5 Å². The van der Waals surface area contributed by atoms with E-state index in [0.717, 1.165) is 30.8 Å². The number of carbonyl (C=O) groups excluding carboxylic acids is 2. The van der Waals surface area contributed by atoms with Gasteiger partial charge in [-0.25, -0.2) is 4.39 Å². The van der Waals surface area contributed by atoms with Crippen LogP contribution >= 0.6 is 12.4 Å². The Morgan fingerprint density at radius 2 is 1.93 bits per heavy atom. The summed E-state index contributed by atoms with van der Waals surface area (Å²) in [6.45, 7) is 3.06. The number of carbonyl (C=O) groups is 2. The molecule has 0 unspecified atom stereocenters. The number of amides is 2. The summed E-state index contributed by atoms with van der Waals surface area (Å²) >= 11 is 0. The van der Waals surface area contributed by atoms with E-state index in [1.54, 1.807) is 23.1 Å². The van der Waals surface area contributed by atoms with Gasteiger partial charge in [0.2, 0.25) is 5.91 Å². The van der Waals surface area contributed by atoms with Gasteiger partial charge in [-0.2, -0.15) is 0 Å². The quantitative estimate of drug-likeness (QED) is 0.813. The van der Waals surface area contributed by atoms with E-state index in [-0.39, 0.29) is 42.0 Å². The smallest absolute Gasteiger partial charge is 0.254 e. The lowest BCUT2D eigenvalue weighted by Gasteiger charge is -2.29. The van der Waals surface area contributed by atoms with Crippen LogP contribution in [0.5, 0.6) is 0 Å². The normalized spacial score (nSPS) is 25.4. The second kappa shape index (κ2) is 8.36. The van der Waals surface area contributed by atoms with Gasteiger partial charge < -0.3 is 15.1 Å². The Morgan fingerprint density at radius 1 is 1.10 bits per heavy atom. The van der Waals surface area contributed by atoms with Gasteiger partial charge in [0.25, 0.3) is 5.91 Å². The number of hydrogen-bond acceptors (Lipinski definition) is 3. The van der Waals surface area contributed by atoms with Crippen LogP contribution in [-0.4, -0.2) is 42.9 Å². The van der Waals surface area contributed by atoms with Crippen LogP contribution in [0.1, 0.15) is 34.8 Å². The largest absolute Gasteiger partial charge is 0.331 e. The van der Waals surface area contributed by atoms with Gasteiger partial charge in [-0.15, -0.1) is 12.4 Å². The van der Waals surface area contributed by atoms with Gasteiger partial charge in [-0.05, 0) is 48.2 Å². The van der Waals surface area contributed by atoms with E-state index in [1.165, 1.54) is 6.07 Å². The molecule has 5 nitrogen and oxygen atoms in total. The van der Waals surface area contributed by atoms with Crippen molar-refractivity contribution < 1.29 is 14.0 Å². The summed E-state index contributed by atoms with van der Waals surface area (Å²) in [6.07, 6.45) is 1.41. The van der Waals surface area contributed by atoms with Gasteiger partial charge in [0.15, 0.2) is 0 Å². The topological polar surface area (TPSA) is 52.7 Å². The molecule has 3 fully saturated rings. The first-order valence-corrected chi connectivity index (χ1v) is 10.3. The molecule has 2 amide bonds. The number of nitrogens with one attached hydrogen (secondary N) is 1. The Kier molecular flexibility index (Phi) is 5.80. The summed E-state index contributed by atoms with van der Waals surface area (Å²) in [4.78, 5) is 29.3. The predicted octanol–water partition coefficient (Wildman–Crippen LogP) is 3.41. The lowest BCUT2D eigenvalue weighted by Crippen LogP contribution is -2.35. The Bertz CT molecular complexity index is 969.